The number of carboxylic acid groups (broad SMARTS) is 2. The van der Waals surface area contributed by atoms with Crippen molar-refractivity contribution >= 4 is 24.6 Å². The number of hydrogen-bond donors (Lipinski definition) is 2. The number of aliphatic imine (C=N–C) groups is 2. The first kappa shape index (κ1) is 16.3. The van der Waals surface area contributed by atoms with Crippen LogP contribution in [-0.4, -0.2) is 34.8 Å². The summed E-state index contributed by atoms with van der Waals surface area (Å²) < 4.78 is 0. The van der Waals surface area contributed by atoms with Gasteiger partial charge in [0.15, 0.2) is 0 Å². The van der Waals surface area contributed by atoms with E-state index in [-0.39, 0.29) is 0 Å². The fourth-order valence-corrected chi connectivity index (χ4v) is 1.46. The van der Waals surface area contributed by atoms with E-state index in [4.69, 9.17) is 10.2 Å². The molecule has 0 aromatic heterocycles. The average Bonchev–Trinajstić information content (AvgIpc) is 2.29. The van der Waals surface area contributed by atoms with Gasteiger partial charge >= 0.3 is 12.2 Å². The van der Waals surface area contributed by atoms with Crippen molar-refractivity contribution in [2.75, 3.05) is 0 Å². The topological polar surface area (TPSA) is 99.3 Å². The van der Waals surface area contributed by atoms with E-state index in [1.807, 2.05) is 0 Å². The van der Waals surface area contributed by atoms with E-state index in [9.17, 15) is 9.59 Å². The van der Waals surface area contributed by atoms with Gasteiger partial charge in [-0.05, 0) is 25.7 Å². The second-order valence-corrected chi connectivity index (χ2v) is 3.89. The number of carbonyl (C=O) groups is 2. The molecule has 6 nitrogen and oxygen atoms in total. The first-order valence-electron chi connectivity index (χ1n) is 6.14. The van der Waals surface area contributed by atoms with E-state index >= 15 is 0 Å². The van der Waals surface area contributed by atoms with Gasteiger partial charge in [0.05, 0.1) is 0 Å². The summed E-state index contributed by atoms with van der Waals surface area (Å²) in [6, 6.07) is 0. The molecule has 0 rings (SSSR count). The molecular formula is C12H20N2O4. The van der Waals surface area contributed by atoms with Crippen LogP contribution < -0.4 is 0 Å². The molecule has 6 heteroatoms. The van der Waals surface area contributed by atoms with Gasteiger partial charge in [-0.1, -0.05) is 25.7 Å². The van der Waals surface area contributed by atoms with Crippen LogP contribution in [-0.2, 0) is 0 Å². The molecule has 102 valence electrons. The van der Waals surface area contributed by atoms with E-state index < -0.39 is 12.2 Å². The van der Waals surface area contributed by atoms with Crippen LogP contribution in [0.2, 0.25) is 0 Å². The Morgan fingerprint density at radius 1 is 0.722 bits per heavy atom. The highest BCUT2D eigenvalue weighted by atomic mass is 16.4. The summed E-state index contributed by atoms with van der Waals surface area (Å²) in [6.07, 6.45) is 8.26. The third-order valence-electron chi connectivity index (χ3n) is 2.32. The van der Waals surface area contributed by atoms with Crippen LogP contribution in [0.15, 0.2) is 9.98 Å². The van der Waals surface area contributed by atoms with Crippen LogP contribution in [0.25, 0.3) is 0 Å². The predicted octanol–water partition coefficient (Wildman–Crippen LogP) is 3.60. The Kier molecular flexibility index (Phi) is 10.6. The molecule has 2 N–H and O–H groups in total. The molecule has 0 atom stereocenters. The van der Waals surface area contributed by atoms with Crippen molar-refractivity contribution < 1.29 is 19.8 Å². The van der Waals surface area contributed by atoms with E-state index in [2.05, 4.69) is 9.98 Å². The molecule has 0 aliphatic rings. The summed E-state index contributed by atoms with van der Waals surface area (Å²) in [5, 5.41) is 16.5. The normalized spacial score (nSPS) is 11.3. The monoisotopic (exact) mass is 256 g/mol. The molecule has 0 spiro atoms. The largest absolute Gasteiger partial charge is 0.463 e. The number of unbranched alkanes of at least 4 members (excludes halogenated alkanes) is 7. The van der Waals surface area contributed by atoms with Crippen LogP contribution in [0.3, 0.4) is 0 Å². The minimum atomic E-state index is -1.14. The maximum atomic E-state index is 10.1. The Hall–Kier alpha value is -1.72. The van der Waals surface area contributed by atoms with Gasteiger partial charge in [-0.15, -0.1) is 0 Å². The van der Waals surface area contributed by atoms with Gasteiger partial charge in [-0.3, -0.25) is 0 Å². The van der Waals surface area contributed by atoms with Crippen molar-refractivity contribution in [1.29, 1.82) is 0 Å². The Morgan fingerprint density at radius 3 is 1.39 bits per heavy atom. The second kappa shape index (κ2) is 11.8. The van der Waals surface area contributed by atoms with Crippen molar-refractivity contribution in [3.63, 3.8) is 0 Å². The SMILES string of the molecule is O=C(O)N=CCCCCCCCCC=NC(=O)O. The van der Waals surface area contributed by atoms with Crippen LogP contribution in [0.1, 0.15) is 51.4 Å². The lowest BCUT2D eigenvalue weighted by atomic mass is 10.1. The smallest absolute Gasteiger partial charge is 0.430 e. The molecule has 0 aromatic carbocycles. The second-order valence-electron chi connectivity index (χ2n) is 3.89. The summed E-state index contributed by atoms with van der Waals surface area (Å²) in [4.78, 5) is 26.6. The van der Waals surface area contributed by atoms with E-state index in [1.54, 1.807) is 0 Å². The van der Waals surface area contributed by atoms with Crippen LogP contribution in [0.5, 0.6) is 0 Å². The van der Waals surface area contributed by atoms with E-state index in [0.717, 1.165) is 38.5 Å². The molecule has 0 radical (unpaired) electrons. The quantitative estimate of drug-likeness (QED) is 0.486. The number of nitrogens with zero attached hydrogens (tertiary/aromatic N) is 2. The Bertz CT molecular complexity index is 270. The lowest BCUT2D eigenvalue weighted by Crippen LogP contribution is -1.88. The minimum absolute atomic E-state index is 0.706. The molecule has 0 heterocycles. The molecule has 0 aliphatic carbocycles. The van der Waals surface area contributed by atoms with E-state index in [1.165, 1.54) is 12.4 Å². The van der Waals surface area contributed by atoms with Gasteiger partial charge in [0.2, 0.25) is 0 Å². The number of rotatable bonds is 9. The van der Waals surface area contributed by atoms with E-state index in [0.29, 0.717) is 12.8 Å². The molecule has 0 aliphatic heterocycles. The summed E-state index contributed by atoms with van der Waals surface area (Å²) in [5.41, 5.74) is 0. The van der Waals surface area contributed by atoms with Crippen LogP contribution in [0, 0.1) is 0 Å². The fraction of sp³-hybridized carbons (Fsp3) is 0.667. The Balaban J connectivity index is 3.17. The van der Waals surface area contributed by atoms with Gasteiger partial charge < -0.3 is 10.2 Å². The lowest BCUT2D eigenvalue weighted by Gasteiger charge is -1.98. The van der Waals surface area contributed by atoms with Crippen LogP contribution in [0.4, 0.5) is 9.59 Å². The van der Waals surface area contributed by atoms with Gasteiger partial charge in [0, 0.05) is 12.4 Å². The zero-order valence-corrected chi connectivity index (χ0v) is 10.4. The summed E-state index contributed by atoms with van der Waals surface area (Å²) >= 11 is 0. The van der Waals surface area contributed by atoms with Gasteiger partial charge in [-0.25, -0.2) is 9.59 Å². The van der Waals surface area contributed by atoms with Gasteiger partial charge in [0.1, 0.15) is 0 Å². The van der Waals surface area contributed by atoms with Crippen LogP contribution >= 0.6 is 0 Å². The summed E-state index contributed by atoms with van der Waals surface area (Å²) in [5.74, 6) is 0. The lowest BCUT2D eigenvalue weighted by molar-refractivity contribution is 0.204. The minimum Gasteiger partial charge on any atom is -0.463 e. The predicted molar refractivity (Wildman–Crippen MR) is 70.0 cm³/mol. The highest BCUT2D eigenvalue weighted by molar-refractivity contribution is 5.77. The molecule has 0 saturated carbocycles. The molecular weight excluding hydrogens is 236 g/mol. The molecule has 0 fully saturated rings. The Labute approximate surface area is 106 Å². The maximum Gasteiger partial charge on any atom is 0.430 e. The number of amides is 2. The first-order chi connectivity index (χ1) is 8.63. The van der Waals surface area contributed by atoms with Crippen molar-refractivity contribution in [2.24, 2.45) is 9.98 Å². The molecule has 0 aromatic rings. The third-order valence-corrected chi connectivity index (χ3v) is 2.32. The first-order valence-corrected chi connectivity index (χ1v) is 6.14. The van der Waals surface area contributed by atoms with Crippen molar-refractivity contribution in [1.82, 2.24) is 0 Å². The Morgan fingerprint density at radius 2 is 1.06 bits per heavy atom. The zero-order valence-electron chi connectivity index (χ0n) is 10.4. The molecule has 0 saturated heterocycles. The molecule has 18 heavy (non-hydrogen) atoms. The van der Waals surface area contributed by atoms with Crippen molar-refractivity contribution in [3.8, 4) is 0 Å². The highest BCUT2D eigenvalue weighted by Crippen LogP contribution is 2.07. The highest BCUT2D eigenvalue weighted by Gasteiger charge is 1.92. The molecule has 0 unspecified atom stereocenters. The number of hydrogen-bond acceptors (Lipinski definition) is 2. The molecule has 2 amide bonds. The average molecular weight is 256 g/mol. The molecule has 0 bridgehead atoms. The third kappa shape index (κ3) is 14.3. The zero-order chi connectivity index (χ0) is 13.6. The standard InChI is InChI=1S/C12H20N2O4/c15-11(16)13-9-7-5-3-1-2-4-6-8-10-14-12(17)18/h9-10H,1-8H2,(H,15,16)(H,17,18). The van der Waals surface area contributed by atoms with Gasteiger partial charge in [-0.2, -0.15) is 9.98 Å². The maximum absolute atomic E-state index is 10.1. The summed E-state index contributed by atoms with van der Waals surface area (Å²) in [7, 11) is 0. The fourth-order valence-electron chi connectivity index (χ4n) is 1.46. The van der Waals surface area contributed by atoms with Crippen molar-refractivity contribution in [2.45, 2.75) is 51.4 Å². The van der Waals surface area contributed by atoms with Gasteiger partial charge in [0.25, 0.3) is 0 Å². The summed E-state index contributed by atoms with van der Waals surface area (Å²) in [6.45, 7) is 0. The van der Waals surface area contributed by atoms with Crippen molar-refractivity contribution in [3.05, 3.63) is 0 Å².